The van der Waals surface area contributed by atoms with Gasteiger partial charge in [0.05, 0.1) is 0 Å². The molecular weight excluding hydrogens is 334 g/mol. The molecule has 1 N–H and O–H groups in total. The van der Waals surface area contributed by atoms with E-state index in [1.807, 2.05) is 0 Å². The molecular formula is C10H12BrN5O2S. The van der Waals surface area contributed by atoms with E-state index in [1.165, 1.54) is 0 Å². The average molecular weight is 346 g/mol. The maximum atomic E-state index is 11.3. The Balaban J connectivity index is 2.05. The summed E-state index contributed by atoms with van der Waals surface area (Å²) in [7, 11) is -3.25. The first kappa shape index (κ1) is 14.1. The van der Waals surface area contributed by atoms with Crippen LogP contribution >= 0.6 is 15.9 Å². The first-order valence-electron chi connectivity index (χ1n) is 5.44. The highest BCUT2D eigenvalue weighted by Gasteiger charge is 2.10. The second kappa shape index (κ2) is 6.22. The van der Waals surface area contributed by atoms with E-state index >= 15 is 0 Å². The lowest BCUT2D eigenvalue weighted by atomic mass is 10.5. The standard InChI is InChI=1S/C10H12BrN5O2S/c11-8-19(17,18)15-5-7-16-6-4-14-10(16)9-12-2-1-3-13-9/h1-4,6,15H,5,7-8H2. The molecule has 2 aromatic heterocycles. The highest BCUT2D eigenvalue weighted by atomic mass is 79.9. The van der Waals surface area contributed by atoms with E-state index in [0.29, 0.717) is 18.2 Å². The Labute approximate surface area is 119 Å². The summed E-state index contributed by atoms with van der Waals surface area (Å²) in [6.45, 7) is 0.740. The first-order valence-corrected chi connectivity index (χ1v) is 8.21. The fourth-order valence-corrected chi connectivity index (χ4v) is 2.44. The van der Waals surface area contributed by atoms with Gasteiger partial charge < -0.3 is 4.57 Å². The summed E-state index contributed by atoms with van der Waals surface area (Å²) in [5.41, 5.74) is 0. The summed E-state index contributed by atoms with van der Waals surface area (Å²) >= 11 is 2.91. The number of halogens is 1. The van der Waals surface area contributed by atoms with Crippen molar-refractivity contribution in [2.45, 2.75) is 6.54 Å². The van der Waals surface area contributed by atoms with Gasteiger partial charge in [-0.25, -0.2) is 28.1 Å². The van der Waals surface area contributed by atoms with Crippen LogP contribution in [0.15, 0.2) is 30.9 Å². The third-order valence-corrected chi connectivity index (χ3v) is 5.04. The van der Waals surface area contributed by atoms with E-state index < -0.39 is 10.0 Å². The number of nitrogens with zero attached hydrogens (tertiary/aromatic N) is 4. The largest absolute Gasteiger partial charge is 0.327 e. The topological polar surface area (TPSA) is 89.8 Å². The van der Waals surface area contributed by atoms with Crippen molar-refractivity contribution < 1.29 is 8.42 Å². The molecule has 0 saturated heterocycles. The van der Waals surface area contributed by atoms with Gasteiger partial charge in [0.2, 0.25) is 10.0 Å². The zero-order valence-electron chi connectivity index (χ0n) is 9.90. The summed E-state index contributed by atoms with van der Waals surface area (Å²) in [4.78, 5) is 12.4. The van der Waals surface area contributed by atoms with Crippen molar-refractivity contribution >= 4 is 26.0 Å². The van der Waals surface area contributed by atoms with Crippen LogP contribution in [0.4, 0.5) is 0 Å². The van der Waals surface area contributed by atoms with Crippen LogP contribution < -0.4 is 4.72 Å². The molecule has 102 valence electrons. The van der Waals surface area contributed by atoms with Gasteiger partial charge in [-0.15, -0.1) is 0 Å². The highest BCUT2D eigenvalue weighted by Crippen LogP contribution is 2.10. The number of hydrogen-bond acceptors (Lipinski definition) is 5. The van der Waals surface area contributed by atoms with Gasteiger partial charge in [0, 0.05) is 37.9 Å². The minimum absolute atomic E-state index is 0.113. The lowest BCUT2D eigenvalue weighted by Gasteiger charge is -2.07. The van der Waals surface area contributed by atoms with Crippen LogP contribution in [0.5, 0.6) is 0 Å². The van der Waals surface area contributed by atoms with Crippen molar-refractivity contribution in [3.05, 3.63) is 30.9 Å². The van der Waals surface area contributed by atoms with Crippen LogP contribution in [-0.2, 0) is 16.6 Å². The molecule has 9 heteroatoms. The normalized spacial score (nSPS) is 11.6. The summed E-state index contributed by atoms with van der Waals surface area (Å²) in [6, 6.07) is 1.72. The van der Waals surface area contributed by atoms with Gasteiger partial charge in [0.25, 0.3) is 0 Å². The predicted octanol–water partition coefficient (Wildman–Crippen LogP) is 0.612. The maximum Gasteiger partial charge on any atom is 0.221 e. The predicted molar refractivity (Wildman–Crippen MR) is 74.0 cm³/mol. The lowest BCUT2D eigenvalue weighted by molar-refractivity contribution is 0.578. The fourth-order valence-electron chi connectivity index (χ4n) is 1.47. The molecule has 0 aliphatic carbocycles. The Bertz CT molecular complexity index is 628. The van der Waals surface area contributed by atoms with Crippen LogP contribution in [0.2, 0.25) is 0 Å². The minimum atomic E-state index is -3.25. The molecule has 0 radical (unpaired) electrons. The van der Waals surface area contributed by atoms with Crippen molar-refractivity contribution in [3.8, 4) is 11.6 Å². The molecule has 0 aromatic carbocycles. The van der Waals surface area contributed by atoms with Gasteiger partial charge in [0.15, 0.2) is 11.6 Å². The molecule has 0 spiro atoms. The van der Waals surface area contributed by atoms with E-state index in [-0.39, 0.29) is 11.2 Å². The Morgan fingerprint density at radius 2 is 1.95 bits per heavy atom. The van der Waals surface area contributed by atoms with Crippen molar-refractivity contribution in [3.63, 3.8) is 0 Å². The summed E-state index contributed by atoms with van der Waals surface area (Å²) in [5, 5.41) is 0. The number of sulfonamides is 1. The van der Waals surface area contributed by atoms with Gasteiger partial charge in [0.1, 0.15) is 4.66 Å². The quantitative estimate of drug-likeness (QED) is 0.774. The zero-order valence-corrected chi connectivity index (χ0v) is 12.3. The van der Waals surface area contributed by atoms with Crippen molar-refractivity contribution in [2.75, 3.05) is 11.2 Å². The van der Waals surface area contributed by atoms with E-state index in [4.69, 9.17) is 0 Å². The Hall–Kier alpha value is -1.32. The second-order valence-corrected chi connectivity index (χ2v) is 6.74. The Morgan fingerprint density at radius 1 is 1.21 bits per heavy atom. The SMILES string of the molecule is O=S(=O)(CBr)NCCn1ccnc1-c1ncccn1. The summed E-state index contributed by atoms with van der Waals surface area (Å²) in [6.07, 6.45) is 6.66. The fraction of sp³-hybridized carbons (Fsp3) is 0.300. The van der Waals surface area contributed by atoms with Crippen LogP contribution in [0, 0.1) is 0 Å². The van der Waals surface area contributed by atoms with Gasteiger partial charge >= 0.3 is 0 Å². The van der Waals surface area contributed by atoms with Crippen molar-refractivity contribution in [1.82, 2.24) is 24.2 Å². The minimum Gasteiger partial charge on any atom is -0.327 e. The molecule has 0 aliphatic heterocycles. The molecule has 0 unspecified atom stereocenters. The molecule has 19 heavy (non-hydrogen) atoms. The molecule has 2 aromatic rings. The molecule has 0 saturated carbocycles. The molecule has 7 nitrogen and oxygen atoms in total. The van der Waals surface area contributed by atoms with Crippen molar-refractivity contribution in [1.29, 1.82) is 0 Å². The van der Waals surface area contributed by atoms with E-state index in [2.05, 4.69) is 35.6 Å². The zero-order chi connectivity index (χ0) is 13.7. The molecule has 0 aliphatic rings. The summed E-state index contributed by atoms with van der Waals surface area (Å²) in [5.74, 6) is 1.12. The third kappa shape index (κ3) is 3.82. The number of alkyl halides is 1. The number of nitrogens with one attached hydrogen (secondary N) is 1. The third-order valence-electron chi connectivity index (χ3n) is 2.30. The Morgan fingerprint density at radius 3 is 2.63 bits per heavy atom. The number of rotatable bonds is 6. The number of imidazole rings is 1. The molecule has 2 heterocycles. The monoisotopic (exact) mass is 345 g/mol. The smallest absolute Gasteiger partial charge is 0.221 e. The maximum absolute atomic E-state index is 11.3. The van der Waals surface area contributed by atoms with Gasteiger partial charge in [-0.1, -0.05) is 15.9 Å². The van der Waals surface area contributed by atoms with E-state index in [1.54, 1.807) is 35.4 Å². The summed E-state index contributed by atoms with van der Waals surface area (Å²) < 4.78 is 26.7. The molecule has 2 rings (SSSR count). The van der Waals surface area contributed by atoms with Gasteiger partial charge in [-0.05, 0) is 6.07 Å². The van der Waals surface area contributed by atoms with Crippen LogP contribution in [0.3, 0.4) is 0 Å². The average Bonchev–Trinajstić information content (AvgIpc) is 2.88. The van der Waals surface area contributed by atoms with Gasteiger partial charge in [-0.3, -0.25) is 0 Å². The number of aromatic nitrogens is 4. The molecule has 0 fully saturated rings. The van der Waals surface area contributed by atoms with Crippen LogP contribution in [0.25, 0.3) is 11.6 Å². The highest BCUT2D eigenvalue weighted by molar-refractivity contribution is 9.10. The van der Waals surface area contributed by atoms with E-state index in [0.717, 1.165) is 0 Å². The van der Waals surface area contributed by atoms with E-state index in [9.17, 15) is 8.42 Å². The second-order valence-electron chi connectivity index (χ2n) is 3.63. The lowest BCUT2D eigenvalue weighted by Crippen LogP contribution is -2.28. The Kier molecular flexibility index (Phi) is 4.61. The van der Waals surface area contributed by atoms with Crippen LogP contribution in [-0.4, -0.2) is 39.1 Å². The van der Waals surface area contributed by atoms with Crippen molar-refractivity contribution in [2.24, 2.45) is 0 Å². The first-order chi connectivity index (χ1) is 9.12. The van der Waals surface area contributed by atoms with Crippen LogP contribution in [0.1, 0.15) is 0 Å². The molecule has 0 amide bonds. The molecule has 0 atom stereocenters. The number of hydrogen-bond donors (Lipinski definition) is 1. The van der Waals surface area contributed by atoms with Gasteiger partial charge in [-0.2, -0.15) is 0 Å². The molecule has 0 bridgehead atoms.